The molecule has 0 aromatic rings. The lowest BCUT2D eigenvalue weighted by atomic mass is 9.80. The summed E-state index contributed by atoms with van der Waals surface area (Å²) in [7, 11) is 0. The average Bonchev–Trinajstić information content (AvgIpc) is 2.90. The molecule has 3 heteroatoms. The van der Waals surface area contributed by atoms with Gasteiger partial charge in [0, 0.05) is 25.2 Å². The Morgan fingerprint density at radius 1 is 1.26 bits per heavy atom. The second-order valence-electron chi connectivity index (χ2n) is 6.11. The molecule has 2 atom stereocenters. The number of hydrogen-bond acceptors (Lipinski definition) is 3. The first-order valence-electron chi connectivity index (χ1n) is 8.27. The van der Waals surface area contributed by atoms with Crippen molar-refractivity contribution in [3.05, 3.63) is 0 Å². The summed E-state index contributed by atoms with van der Waals surface area (Å²) in [6.07, 6.45) is 8.76. The van der Waals surface area contributed by atoms with E-state index in [2.05, 4.69) is 19.2 Å². The van der Waals surface area contributed by atoms with E-state index >= 15 is 0 Å². The maximum atomic E-state index is 6.28. The Bertz CT molecular complexity index is 245. The fourth-order valence-electron chi connectivity index (χ4n) is 3.92. The Hall–Kier alpha value is -0.120. The van der Waals surface area contributed by atoms with E-state index in [4.69, 9.17) is 9.47 Å². The van der Waals surface area contributed by atoms with Crippen LogP contribution in [0.4, 0.5) is 0 Å². The topological polar surface area (TPSA) is 30.5 Å². The van der Waals surface area contributed by atoms with Crippen molar-refractivity contribution in [1.29, 1.82) is 0 Å². The van der Waals surface area contributed by atoms with Gasteiger partial charge < -0.3 is 14.8 Å². The van der Waals surface area contributed by atoms with Crippen molar-refractivity contribution in [3.63, 3.8) is 0 Å². The zero-order valence-electron chi connectivity index (χ0n) is 12.7. The van der Waals surface area contributed by atoms with E-state index in [-0.39, 0.29) is 5.60 Å². The highest BCUT2D eigenvalue weighted by molar-refractivity contribution is 5.00. The number of rotatable bonds is 7. The van der Waals surface area contributed by atoms with Gasteiger partial charge in [0.2, 0.25) is 0 Å². The molecule has 1 saturated carbocycles. The fraction of sp³-hybridized carbons (Fsp3) is 1.00. The van der Waals surface area contributed by atoms with Gasteiger partial charge in [-0.3, -0.25) is 0 Å². The summed E-state index contributed by atoms with van der Waals surface area (Å²) in [5, 5.41) is 3.80. The van der Waals surface area contributed by atoms with Crippen LogP contribution < -0.4 is 5.32 Å². The first kappa shape index (κ1) is 15.3. The smallest absolute Gasteiger partial charge is 0.0838 e. The quantitative estimate of drug-likeness (QED) is 0.770. The molecule has 0 aromatic carbocycles. The second-order valence-corrected chi connectivity index (χ2v) is 6.11. The SMILES string of the molecule is CCCNC(C1CCCOC1)C1(OCC)CCCC1. The van der Waals surface area contributed by atoms with Gasteiger partial charge in [-0.25, -0.2) is 0 Å². The molecular formula is C16H31NO2. The third-order valence-electron chi connectivity index (χ3n) is 4.73. The minimum Gasteiger partial charge on any atom is -0.381 e. The molecular weight excluding hydrogens is 238 g/mol. The monoisotopic (exact) mass is 269 g/mol. The van der Waals surface area contributed by atoms with Crippen molar-refractivity contribution < 1.29 is 9.47 Å². The zero-order chi connectivity index (χ0) is 13.6. The Morgan fingerprint density at radius 2 is 2.05 bits per heavy atom. The molecule has 1 saturated heterocycles. The van der Waals surface area contributed by atoms with Crippen LogP contribution >= 0.6 is 0 Å². The van der Waals surface area contributed by atoms with Crippen molar-refractivity contribution in [3.8, 4) is 0 Å². The van der Waals surface area contributed by atoms with Crippen LogP contribution in [0.5, 0.6) is 0 Å². The van der Waals surface area contributed by atoms with Crippen molar-refractivity contribution >= 4 is 0 Å². The lowest BCUT2D eigenvalue weighted by Gasteiger charge is -2.43. The molecule has 3 nitrogen and oxygen atoms in total. The van der Waals surface area contributed by atoms with Crippen LogP contribution in [0.2, 0.25) is 0 Å². The Kier molecular flexibility index (Phi) is 6.11. The van der Waals surface area contributed by atoms with Gasteiger partial charge in [0.25, 0.3) is 0 Å². The van der Waals surface area contributed by atoms with E-state index < -0.39 is 0 Å². The lowest BCUT2D eigenvalue weighted by Crippen LogP contribution is -2.56. The van der Waals surface area contributed by atoms with E-state index in [1.807, 2.05) is 0 Å². The molecule has 2 unspecified atom stereocenters. The number of ether oxygens (including phenoxy) is 2. The van der Waals surface area contributed by atoms with Gasteiger partial charge in [-0.1, -0.05) is 19.8 Å². The molecule has 2 aliphatic rings. The summed E-state index contributed by atoms with van der Waals surface area (Å²) in [5.74, 6) is 0.630. The molecule has 0 amide bonds. The largest absolute Gasteiger partial charge is 0.381 e. The predicted octanol–water partition coefficient (Wildman–Crippen LogP) is 3.13. The zero-order valence-corrected chi connectivity index (χ0v) is 12.7. The van der Waals surface area contributed by atoms with Gasteiger partial charge >= 0.3 is 0 Å². The molecule has 1 aliphatic carbocycles. The van der Waals surface area contributed by atoms with Crippen LogP contribution in [0.1, 0.15) is 58.8 Å². The molecule has 0 aromatic heterocycles. The maximum absolute atomic E-state index is 6.28. The van der Waals surface area contributed by atoms with Crippen LogP contribution in [-0.4, -0.2) is 38.0 Å². The summed E-state index contributed by atoms with van der Waals surface area (Å²) in [5.41, 5.74) is 0.0787. The van der Waals surface area contributed by atoms with Gasteiger partial charge in [0.15, 0.2) is 0 Å². The molecule has 2 rings (SSSR count). The van der Waals surface area contributed by atoms with E-state index in [0.29, 0.717) is 12.0 Å². The van der Waals surface area contributed by atoms with Crippen LogP contribution in [0.3, 0.4) is 0 Å². The minimum absolute atomic E-state index is 0.0787. The lowest BCUT2D eigenvalue weighted by molar-refractivity contribution is -0.0925. The molecule has 19 heavy (non-hydrogen) atoms. The highest BCUT2D eigenvalue weighted by Crippen LogP contribution is 2.40. The van der Waals surface area contributed by atoms with Crippen molar-refractivity contribution in [1.82, 2.24) is 5.32 Å². The molecule has 0 spiro atoms. The van der Waals surface area contributed by atoms with E-state index in [9.17, 15) is 0 Å². The molecule has 112 valence electrons. The summed E-state index contributed by atoms with van der Waals surface area (Å²) >= 11 is 0. The Morgan fingerprint density at radius 3 is 2.63 bits per heavy atom. The van der Waals surface area contributed by atoms with Crippen LogP contribution in [-0.2, 0) is 9.47 Å². The average molecular weight is 269 g/mol. The molecule has 0 radical (unpaired) electrons. The molecule has 2 fully saturated rings. The Balaban J connectivity index is 2.08. The maximum Gasteiger partial charge on any atom is 0.0838 e. The second kappa shape index (κ2) is 7.61. The third kappa shape index (κ3) is 3.71. The molecule has 1 heterocycles. The van der Waals surface area contributed by atoms with Crippen LogP contribution in [0.25, 0.3) is 0 Å². The van der Waals surface area contributed by atoms with Crippen molar-refractivity contribution in [2.45, 2.75) is 70.4 Å². The standard InChI is InChI=1S/C16H31NO2/c1-3-11-17-15(14-8-7-12-18-13-14)16(19-4-2)9-5-6-10-16/h14-15,17H,3-13H2,1-2H3. The summed E-state index contributed by atoms with van der Waals surface area (Å²) in [6, 6.07) is 0.482. The van der Waals surface area contributed by atoms with Gasteiger partial charge in [0.1, 0.15) is 0 Å². The first-order valence-corrected chi connectivity index (χ1v) is 8.27. The molecule has 0 bridgehead atoms. The fourth-order valence-corrected chi connectivity index (χ4v) is 3.92. The van der Waals surface area contributed by atoms with E-state index in [0.717, 1.165) is 26.4 Å². The van der Waals surface area contributed by atoms with Crippen molar-refractivity contribution in [2.24, 2.45) is 5.92 Å². The summed E-state index contributed by atoms with van der Waals surface area (Å²) in [6.45, 7) is 8.15. The van der Waals surface area contributed by atoms with Gasteiger partial charge in [-0.15, -0.1) is 0 Å². The van der Waals surface area contributed by atoms with Crippen LogP contribution in [0, 0.1) is 5.92 Å². The van der Waals surface area contributed by atoms with Gasteiger partial charge in [-0.2, -0.15) is 0 Å². The Labute approximate surface area is 118 Å². The minimum atomic E-state index is 0.0787. The summed E-state index contributed by atoms with van der Waals surface area (Å²) < 4.78 is 12.0. The van der Waals surface area contributed by atoms with Gasteiger partial charge in [-0.05, 0) is 45.6 Å². The highest BCUT2D eigenvalue weighted by Gasteiger charge is 2.45. The van der Waals surface area contributed by atoms with Crippen LogP contribution in [0.15, 0.2) is 0 Å². The normalized spacial score (nSPS) is 28.4. The first-order chi connectivity index (χ1) is 9.32. The van der Waals surface area contributed by atoms with E-state index in [1.165, 1.54) is 44.9 Å². The third-order valence-corrected chi connectivity index (χ3v) is 4.73. The molecule has 1 aliphatic heterocycles. The molecule has 1 N–H and O–H groups in total. The highest BCUT2D eigenvalue weighted by atomic mass is 16.5. The van der Waals surface area contributed by atoms with Gasteiger partial charge in [0.05, 0.1) is 12.2 Å². The predicted molar refractivity (Wildman–Crippen MR) is 78.4 cm³/mol. The summed E-state index contributed by atoms with van der Waals surface area (Å²) in [4.78, 5) is 0. The van der Waals surface area contributed by atoms with Crippen molar-refractivity contribution in [2.75, 3.05) is 26.4 Å². The number of hydrogen-bond donors (Lipinski definition) is 1. The van der Waals surface area contributed by atoms with E-state index in [1.54, 1.807) is 0 Å². The number of nitrogens with one attached hydrogen (secondary N) is 1.